The fraction of sp³-hybridized carbons (Fsp3) is 0.667. The van der Waals surface area contributed by atoms with Crippen molar-refractivity contribution in [2.75, 3.05) is 13.2 Å². The molecule has 2 N–H and O–H groups in total. The molecule has 0 amide bonds. The number of fused-ring (bicyclic) bond motifs is 2. The minimum absolute atomic E-state index is 0.00261. The zero-order chi connectivity index (χ0) is 24.6. The van der Waals surface area contributed by atoms with Gasteiger partial charge in [-0.25, -0.2) is 0 Å². The van der Waals surface area contributed by atoms with E-state index in [9.17, 15) is 29.9 Å². The highest BCUT2D eigenvalue weighted by atomic mass is 16.9. The molecule has 1 aromatic rings. The first-order valence-corrected chi connectivity index (χ1v) is 11.4. The fourth-order valence-corrected chi connectivity index (χ4v) is 5.34. The van der Waals surface area contributed by atoms with Crippen LogP contribution in [0.2, 0.25) is 0 Å². The van der Waals surface area contributed by atoms with Crippen molar-refractivity contribution in [1.29, 1.82) is 0 Å². The summed E-state index contributed by atoms with van der Waals surface area (Å²) in [6.45, 7) is 7.58. The molecule has 182 valence electrons. The van der Waals surface area contributed by atoms with E-state index < -0.39 is 16.5 Å². The van der Waals surface area contributed by atoms with Crippen LogP contribution in [0.4, 0.5) is 0 Å². The van der Waals surface area contributed by atoms with Crippen LogP contribution < -0.4 is 0 Å². The Hall–Kier alpha value is -2.84. The summed E-state index contributed by atoms with van der Waals surface area (Å²) in [5, 5.41) is 30.9. The maximum absolute atomic E-state index is 12.7. The predicted octanol–water partition coefficient (Wildman–Crippen LogP) is 4.02. The second kappa shape index (κ2) is 9.19. The second-order valence-electron chi connectivity index (χ2n) is 10.3. The summed E-state index contributed by atoms with van der Waals surface area (Å²) in [6, 6.07) is 2.96. The van der Waals surface area contributed by atoms with Crippen molar-refractivity contribution >= 4 is 11.8 Å². The lowest BCUT2D eigenvalue weighted by Crippen LogP contribution is -2.56. The molecule has 0 radical (unpaired) electrons. The molecular formula is C24H33NO8. The number of nitrogens with zero attached hydrogens (tertiary/aromatic N) is 1. The average Bonchev–Trinajstić information content (AvgIpc) is 2.71. The van der Waals surface area contributed by atoms with E-state index in [4.69, 9.17) is 4.74 Å². The van der Waals surface area contributed by atoms with Crippen molar-refractivity contribution in [1.82, 2.24) is 0 Å². The first kappa shape index (κ1) is 24.8. The molecule has 4 rings (SSSR count). The van der Waals surface area contributed by atoms with Gasteiger partial charge in [-0.2, -0.15) is 0 Å². The normalized spacial score (nSPS) is 23.5. The number of unbranched alkanes of at least 4 members (excludes halogenated alkanes) is 2. The lowest BCUT2D eigenvalue weighted by molar-refractivity contribution is -0.757. The van der Waals surface area contributed by atoms with Crippen LogP contribution in [0.15, 0.2) is 12.1 Å². The quantitative estimate of drug-likeness (QED) is 0.230. The first-order chi connectivity index (χ1) is 15.4. The van der Waals surface area contributed by atoms with Gasteiger partial charge in [-0.3, -0.25) is 9.59 Å². The van der Waals surface area contributed by atoms with Gasteiger partial charge in [-0.15, -0.1) is 10.1 Å². The summed E-state index contributed by atoms with van der Waals surface area (Å²) in [4.78, 5) is 39.6. The molecule has 33 heavy (non-hydrogen) atoms. The van der Waals surface area contributed by atoms with Gasteiger partial charge in [0.2, 0.25) is 0 Å². The number of benzene rings is 1. The standard InChI is InChI=1S/C24H33NO8/c1-23(2,22(29)32-8-6-5-7-9-33-25(30)31)14-10-19(27)21(20(28)11-14)15-12-18(26)17-13-16(15)24(17,3)4/h10-11,15-17,27-28H,5-9,12-13H2,1-4H3/t15-,16-,17+/m1/s1. The Morgan fingerprint density at radius 2 is 1.79 bits per heavy atom. The molecule has 2 bridgehead atoms. The molecule has 9 heteroatoms. The number of Topliss-reactive ketones (excluding diaryl/α,β-unsaturated/α-hetero) is 1. The second-order valence-corrected chi connectivity index (χ2v) is 10.3. The van der Waals surface area contributed by atoms with Crippen molar-refractivity contribution in [3.63, 3.8) is 0 Å². The minimum Gasteiger partial charge on any atom is -0.508 e. The van der Waals surface area contributed by atoms with Gasteiger partial charge in [-0.05, 0) is 68.6 Å². The van der Waals surface area contributed by atoms with Crippen LogP contribution in [0.3, 0.4) is 0 Å². The monoisotopic (exact) mass is 463 g/mol. The number of rotatable bonds is 10. The number of ketones is 1. The van der Waals surface area contributed by atoms with Crippen LogP contribution in [0.1, 0.15) is 76.8 Å². The zero-order valence-corrected chi connectivity index (χ0v) is 19.6. The first-order valence-electron chi connectivity index (χ1n) is 11.4. The minimum atomic E-state index is -1.12. The third-order valence-electron chi connectivity index (χ3n) is 7.60. The molecule has 3 fully saturated rings. The van der Waals surface area contributed by atoms with Gasteiger partial charge >= 0.3 is 5.97 Å². The summed E-state index contributed by atoms with van der Waals surface area (Å²) in [5.41, 5.74) is -0.482. The lowest BCUT2D eigenvalue weighted by Gasteiger charge is -2.59. The average molecular weight is 464 g/mol. The number of carbonyl (C=O) groups is 2. The number of hydrogen-bond acceptors (Lipinski definition) is 8. The molecule has 3 atom stereocenters. The van der Waals surface area contributed by atoms with E-state index in [1.807, 2.05) is 0 Å². The Morgan fingerprint density at radius 3 is 2.33 bits per heavy atom. The Balaban J connectivity index is 1.65. The van der Waals surface area contributed by atoms with Crippen molar-refractivity contribution in [3.05, 3.63) is 33.4 Å². The van der Waals surface area contributed by atoms with Gasteiger partial charge in [0.1, 0.15) is 17.3 Å². The lowest BCUT2D eigenvalue weighted by atomic mass is 9.44. The largest absolute Gasteiger partial charge is 0.508 e. The number of phenols is 2. The number of aromatic hydroxyl groups is 2. The number of hydrogen-bond donors (Lipinski definition) is 2. The summed E-state index contributed by atoms with van der Waals surface area (Å²) in [6.07, 6.45) is 2.69. The third kappa shape index (κ3) is 4.77. The van der Waals surface area contributed by atoms with E-state index >= 15 is 0 Å². The summed E-state index contributed by atoms with van der Waals surface area (Å²) in [7, 11) is 0. The van der Waals surface area contributed by atoms with Crippen molar-refractivity contribution in [3.8, 4) is 11.5 Å². The highest BCUT2D eigenvalue weighted by Crippen LogP contribution is 2.64. The molecular weight excluding hydrogens is 430 g/mol. The summed E-state index contributed by atoms with van der Waals surface area (Å²) < 4.78 is 5.36. The molecule has 0 aliphatic heterocycles. The number of esters is 1. The van der Waals surface area contributed by atoms with Gasteiger partial charge in [0.05, 0.1) is 18.6 Å². The number of ether oxygens (including phenoxy) is 1. The topological polar surface area (TPSA) is 136 Å². The van der Waals surface area contributed by atoms with Crippen LogP contribution in [0, 0.1) is 27.4 Å². The molecule has 3 saturated carbocycles. The van der Waals surface area contributed by atoms with E-state index in [1.165, 1.54) is 12.1 Å². The maximum Gasteiger partial charge on any atom is 0.315 e. The smallest absolute Gasteiger partial charge is 0.315 e. The molecule has 3 aliphatic carbocycles. The molecule has 0 spiro atoms. The summed E-state index contributed by atoms with van der Waals surface area (Å²) >= 11 is 0. The van der Waals surface area contributed by atoms with E-state index in [2.05, 4.69) is 18.7 Å². The van der Waals surface area contributed by atoms with Gasteiger partial charge < -0.3 is 19.8 Å². The highest BCUT2D eigenvalue weighted by molar-refractivity contribution is 5.86. The molecule has 0 unspecified atom stereocenters. The van der Waals surface area contributed by atoms with Crippen LogP contribution in [0.5, 0.6) is 11.5 Å². The van der Waals surface area contributed by atoms with Gasteiger partial charge in [0.25, 0.3) is 5.09 Å². The summed E-state index contributed by atoms with van der Waals surface area (Å²) in [5.74, 6) is -0.559. The van der Waals surface area contributed by atoms with Crippen LogP contribution in [-0.4, -0.2) is 40.3 Å². The Bertz CT molecular complexity index is 915. The highest BCUT2D eigenvalue weighted by Gasteiger charge is 2.59. The van der Waals surface area contributed by atoms with E-state index in [0.717, 1.165) is 6.42 Å². The zero-order valence-electron chi connectivity index (χ0n) is 19.6. The van der Waals surface area contributed by atoms with Gasteiger partial charge in [-0.1, -0.05) is 13.8 Å². The van der Waals surface area contributed by atoms with E-state index in [0.29, 0.717) is 36.8 Å². The number of phenolic OH excluding ortho intramolecular Hbond substituents is 2. The molecule has 9 nitrogen and oxygen atoms in total. The molecule has 3 aliphatic rings. The Kier molecular flexibility index (Phi) is 6.91. The molecule has 0 heterocycles. The van der Waals surface area contributed by atoms with E-state index in [-0.39, 0.29) is 53.7 Å². The predicted molar refractivity (Wildman–Crippen MR) is 118 cm³/mol. The van der Waals surface area contributed by atoms with Crippen molar-refractivity contribution in [2.24, 2.45) is 17.3 Å². The number of carbonyl (C=O) groups excluding carboxylic acids is 2. The Labute approximate surface area is 193 Å². The van der Waals surface area contributed by atoms with Gasteiger partial charge in [0, 0.05) is 23.8 Å². The van der Waals surface area contributed by atoms with Crippen LogP contribution in [-0.2, 0) is 24.6 Å². The molecule has 1 aromatic carbocycles. The molecule has 0 aromatic heterocycles. The van der Waals surface area contributed by atoms with E-state index in [1.54, 1.807) is 13.8 Å². The van der Waals surface area contributed by atoms with Crippen molar-refractivity contribution < 1.29 is 34.5 Å². The Morgan fingerprint density at radius 1 is 1.18 bits per heavy atom. The fourth-order valence-electron chi connectivity index (χ4n) is 5.34. The van der Waals surface area contributed by atoms with Crippen molar-refractivity contribution in [2.45, 2.75) is 71.1 Å². The SMILES string of the molecule is CC(C)(C(=O)OCCCCCO[N+](=O)[O-])c1cc(O)c([C@@H]2CC(=O)[C@@H]3C[C@H]2C3(C)C)c(O)c1. The van der Waals surface area contributed by atoms with Gasteiger partial charge in [0.15, 0.2) is 0 Å². The molecule has 0 saturated heterocycles. The maximum atomic E-state index is 12.7. The van der Waals surface area contributed by atoms with Crippen LogP contribution in [0.25, 0.3) is 0 Å². The van der Waals surface area contributed by atoms with Crippen LogP contribution >= 0.6 is 0 Å². The third-order valence-corrected chi connectivity index (χ3v) is 7.60.